The van der Waals surface area contributed by atoms with Crippen molar-refractivity contribution in [3.8, 4) is 5.75 Å². The van der Waals surface area contributed by atoms with Gasteiger partial charge in [0.1, 0.15) is 11.3 Å². The molecule has 0 aromatic heterocycles. The second kappa shape index (κ2) is 11.9. The Balaban J connectivity index is 1.68. The highest BCUT2D eigenvalue weighted by molar-refractivity contribution is 6.05. The fourth-order valence-corrected chi connectivity index (χ4v) is 3.94. The molecule has 1 aromatic rings. The van der Waals surface area contributed by atoms with Crippen LogP contribution in [-0.2, 0) is 23.8 Å². The van der Waals surface area contributed by atoms with Crippen LogP contribution in [0, 0.1) is 11.7 Å². The molecule has 200 valence electrons. The molecule has 1 amide bonds. The van der Waals surface area contributed by atoms with E-state index in [0.29, 0.717) is 32.5 Å². The number of nitrogens with zero attached hydrogens (tertiary/aromatic N) is 2. The molecule has 0 N–H and O–H groups in total. The second-order valence-electron chi connectivity index (χ2n) is 9.65. The monoisotopic (exact) mass is 516 g/mol. The maximum absolute atomic E-state index is 15.0. The number of anilines is 1. The van der Waals surface area contributed by atoms with Crippen molar-refractivity contribution in [1.82, 2.24) is 4.90 Å². The number of hydrogen-bond acceptors (Lipinski definition) is 8. The molecule has 10 heteroatoms. The van der Waals surface area contributed by atoms with Crippen molar-refractivity contribution >= 4 is 23.7 Å². The van der Waals surface area contributed by atoms with Crippen molar-refractivity contribution in [3.05, 3.63) is 59.7 Å². The van der Waals surface area contributed by atoms with E-state index in [-0.39, 0.29) is 34.7 Å². The first kappa shape index (κ1) is 27.8. The van der Waals surface area contributed by atoms with Crippen LogP contribution in [0.15, 0.2) is 53.9 Å². The van der Waals surface area contributed by atoms with Gasteiger partial charge in [0, 0.05) is 31.0 Å². The summed E-state index contributed by atoms with van der Waals surface area (Å²) in [5, 5.41) is 0. The van der Waals surface area contributed by atoms with Crippen LogP contribution >= 0.6 is 0 Å². The van der Waals surface area contributed by atoms with Crippen molar-refractivity contribution in [2.45, 2.75) is 39.2 Å². The Bertz CT molecular complexity index is 1110. The van der Waals surface area contributed by atoms with Gasteiger partial charge in [-0.2, -0.15) is 0 Å². The fourth-order valence-electron chi connectivity index (χ4n) is 3.94. The average molecular weight is 517 g/mol. The number of amides is 1. The maximum atomic E-state index is 15.0. The maximum Gasteiger partial charge on any atom is 0.410 e. The highest BCUT2D eigenvalue weighted by Gasteiger charge is 2.29. The van der Waals surface area contributed by atoms with E-state index in [1.807, 2.05) is 20.8 Å². The van der Waals surface area contributed by atoms with E-state index in [1.54, 1.807) is 23.1 Å². The van der Waals surface area contributed by atoms with Gasteiger partial charge in [-0.1, -0.05) is 6.08 Å². The molecule has 1 saturated heterocycles. The standard InChI is InChI=1S/C27H33FN2O7/c1-27(2,3)37-26(33)29-14-11-18(12-15-29)17-36-22-10-9-19(16-21(22)28)30-13-7-6-8-20(24(31)34-4)23(30)25(32)35-5/h6-10,13,16,18H,11-12,14-15,17H2,1-5H3. The molecule has 0 spiro atoms. The predicted octanol–water partition coefficient (Wildman–Crippen LogP) is 4.34. The van der Waals surface area contributed by atoms with Gasteiger partial charge in [-0.15, -0.1) is 0 Å². The number of hydrogen-bond donors (Lipinski definition) is 0. The lowest BCUT2D eigenvalue weighted by molar-refractivity contribution is -0.139. The Morgan fingerprint density at radius 1 is 1.03 bits per heavy atom. The normalized spacial score (nSPS) is 16.4. The molecule has 1 fully saturated rings. The predicted molar refractivity (Wildman–Crippen MR) is 134 cm³/mol. The zero-order valence-electron chi connectivity index (χ0n) is 21.8. The topological polar surface area (TPSA) is 94.6 Å². The van der Waals surface area contributed by atoms with Gasteiger partial charge >= 0.3 is 18.0 Å². The van der Waals surface area contributed by atoms with Crippen LogP contribution < -0.4 is 9.64 Å². The molecule has 9 nitrogen and oxygen atoms in total. The molecular formula is C27H33FN2O7. The number of piperidine rings is 1. The molecule has 2 aliphatic heterocycles. The highest BCUT2D eigenvalue weighted by Crippen LogP contribution is 2.30. The third kappa shape index (κ3) is 7.12. The van der Waals surface area contributed by atoms with Crippen LogP contribution in [0.1, 0.15) is 33.6 Å². The molecule has 0 unspecified atom stereocenters. The number of esters is 2. The van der Waals surface area contributed by atoms with Crippen molar-refractivity contribution < 1.29 is 37.7 Å². The van der Waals surface area contributed by atoms with Gasteiger partial charge in [0.25, 0.3) is 0 Å². The largest absolute Gasteiger partial charge is 0.490 e. The van der Waals surface area contributed by atoms with E-state index in [0.717, 1.165) is 0 Å². The van der Waals surface area contributed by atoms with E-state index in [9.17, 15) is 14.4 Å². The second-order valence-corrected chi connectivity index (χ2v) is 9.65. The minimum atomic E-state index is -0.782. The van der Waals surface area contributed by atoms with Crippen LogP contribution in [0.5, 0.6) is 5.75 Å². The van der Waals surface area contributed by atoms with Gasteiger partial charge in [-0.05, 0) is 63.8 Å². The molecule has 0 atom stereocenters. The third-order valence-electron chi connectivity index (χ3n) is 5.82. The number of methoxy groups -OCH3 is 2. The molecule has 2 heterocycles. The number of ether oxygens (including phenoxy) is 4. The molecule has 37 heavy (non-hydrogen) atoms. The summed E-state index contributed by atoms with van der Waals surface area (Å²) in [5.74, 6) is -1.92. The number of carbonyl (C=O) groups is 3. The quantitative estimate of drug-likeness (QED) is 0.407. The van der Waals surface area contributed by atoms with E-state index in [4.69, 9.17) is 18.9 Å². The number of benzene rings is 1. The number of likely N-dealkylation sites (tertiary alicyclic amines) is 1. The lowest BCUT2D eigenvalue weighted by Crippen LogP contribution is -2.42. The average Bonchev–Trinajstić information content (AvgIpc) is 3.09. The van der Waals surface area contributed by atoms with E-state index in [1.165, 1.54) is 43.5 Å². The number of allylic oxidation sites excluding steroid dienone is 2. The molecular weight excluding hydrogens is 483 g/mol. The summed E-state index contributed by atoms with van der Waals surface area (Å²) in [4.78, 5) is 40.1. The molecule has 0 saturated carbocycles. The first-order valence-electron chi connectivity index (χ1n) is 12.0. The molecule has 1 aromatic carbocycles. The Hall–Kier alpha value is -3.82. The Morgan fingerprint density at radius 3 is 2.30 bits per heavy atom. The van der Waals surface area contributed by atoms with Crippen molar-refractivity contribution in [2.24, 2.45) is 5.92 Å². The summed E-state index contributed by atoms with van der Waals surface area (Å²) in [6, 6.07) is 4.27. The number of halogens is 1. The molecule has 0 radical (unpaired) electrons. The number of rotatable bonds is 6. The van der Waals surface area contributed by atoms with Crippen LogP contribution in [0.2, 0.25) is 0 Å². The summed E-state index contributed by atoms with van der Waals surface area (Å²) in [6.45, 7) is 6.88. The zero-order valence-corrected chi connectivity index (χ0v) is 21.8. The first-order chi connectivity index (χ1) is 17.5. The summed E-state index contributed by atoms with van der Waals surface area (Å²) < 4.78 is 35.9. The van der Waals surface area contributed by atoms with Crippen molar-refractivity contribution in [2.75, 3.05) is 38.8 Å². The molecule has 3 rings (SSSR count). The third-order valence-corrected chi connectivity index (χ3v) is 5.82. The Kier molecular flexibility index (Phi) is 8.96. The smallest absolute Gasteiger partial charge is 0.410 e. The van der Waals surface area contributed by atoms with E-state index >= 15 is 4.39 Å². The molecule has 0 aliphatic carbocycles. The van der Waals surface area contributed by atoms with E-state index < -0.39 is 23.4 Å². The summed E-state index contributed by atoms with van der Waals surface area (Å²) >= 11 is 0. The van der Waals surface area contributed by atoms with Crippen LogP contribution in [0.3, 0.4) is 0 Å². The van der Waals surface area contributed by atoms with Crippen LogP contribution in [0.25, 0.3) is 0 Å². The minimum Gasteiger partial charge on any atom is -0.490 e. The van der Waals surface area contributed by atoms with Crippen molar-refractivity contribution in [1.29, 1.82) is 0 Å². The number of carbonyl (C=O) groups excluding carboxylic acids is 3. The van der Waals surface area contributed by atoms with Gasteiger partial charge < -0.3 is 28.7 Å². The summed E-state index contributed by atoms with van der Waals surface area (Å²) in [5.41, 5.74) is -0.395. The van der Waals surface area contributed by atoms with Crippen LogP contribution in [-0.4, -0.2) is 62.4 Å². The van der Waals surface area contributed by atoms with Gasteiger partial charge in [-0.25, -0.2) is 18.8 Å². The van der Waals surface area contributed by atoms with Gasteiger partial charge in [0.05, 0.1) is 26.4 Å². The van der Waals surface area contributed by atoms with Crippen LogP contribution in [0.4, 0.5) is 14.9 Å². The fraction of sp³-hybridized carbons (Fsp3) is 0.444. The molecule has 0 bridgehead atoms. The lowest BCUT2D eigenvalue weighted by atomic mass is 9.98. The highest BCUT2D eigenvalue weighted by atomic mass is 19.1. The summed E-state index contributed by atoms with van der Waals surface area (Å²) in [7, 11) is 2.39. The molecule has 2 aliphatic rings. The summed E-state index contributed by atoms with van der Waals surface area (Å²) in [6.07, 6.45) is 7.22. The zero-order chi connectivity index (χ0) is 27.2. The SMILES string of the molecule is COC(=O)C1=C(C(=O)OC)N(c2ccc(OCC3CCN(C(=O)OC(C)(C)C)CC3)c(F)c2)C=CC=C1. The van der Waals surface area contributed by atoms with Gasteiger partial charge in [0.2, 0.25) is 0 Å². The minimum absolute atomic E-state index is 0.0298. The van der Waals surface area contributed by atoms with Gasteiger partial charge in [-0.3, -0.25) is 0 Å². The Morgan fingerprint density at radius 2 is 1.70 bits per heavy atom. The van der Waals surface area contributed by atoms with Gasteiger partial charge in [0.15, 0.2) is 11.6 Å². The Labute approximate surface area is 216 Å². The van der Waals surface area contributed by atoms with Crippen molar-refractivity contribution in [3.63, 3.8) is 0 Å². The lowest BCUT2D eigenvalue weighted by Gasteiger charge is -2.33. The first-order valence-corrected chi connectivity index (χ1v) is 12.0. The van der Waals surface area contributed by atoms with E-state index in [2.05, 4.69) is 0 Å².